The third-order valence-electron chi connectivity index (χ3n) is 2.73. The fourth-order valence-corrected chi connectivity index (χ4v) is 3.03. The van der Waals surface area contributed by atoms with Crippen molar-refractivity contribution < 1.29 is 13.2 Å². The van der Waals surface area contributed by atoms with Gasteiger partial charge in [-0.1, -0.05) is 0 Å². The van der Waals surface area contributed by atoms with Crippen molar-refractivity contribution in [2.75, 3.05) is 11.8 Å². The second-order valence-corrected chi connectivity index (χ2v) is 6.72. The van der Waals surface area contributed by atoms with Crippen LogP contribution in [-0.2, 0) is 17.1 Å². The quantitative estimate of drug-likeness (QED) is 0.792. The second kappa shape index (κ2) is 5.86. The Hall–Kier alpha value is -1.87. The van der Waals surface area contributed by atoms with Crippen LogP contribution in [0.2, 0.25) is 0 Å². The molecule has 0 saturated heterocycles. The molecule has 0 saturated carbocycles. The highest BCUT2D eigenvalue weighted by Gasteiger charge is 2.20. The van der Waals surface area contributed by atoms with Gasteiger partial charge in [0.25, 0.3) is 15.9 Å². The fourth-order valence-electron chi connectivity index (χ4n) is 1.69. The molecular formula is C12H13BrN4O3S. The van der Waals surface area contributed by atoms with Gasteiger partial charge in [-0.05, 0) is 34.1 Å². The molecule has 1 amide bonds. The molecule has 0 aromatic carbocycles. The lowest BCUT2D eigenvalue weighted by Crippen LogP contribution is -2.20. The number of rotatable bonds is 4. The van der Waals surface area contributed by atoms with Crippen LogP contribution in [-0.4, -0.2) is 30.9 Å². The maximum absolute atomic E-state index is 12.3. The standard InChI is InChI=1S/C12H13BrN4O3S/c1-14-12(18)10-5-9(7-17(10)2)21(19,20)16-8-3-4-11(13)15-6-8/h3-7,16H,1-2H3,(H,14,18). The van der Waals surface area contributed by atoms with E-state index in [-0.39, 0.29) is 16.5 Å². The third kappa shape index (κ3) is 3.42. The van der Waals surface area contributed by atoms with Gasteiger partial charge in [-0.15, -0.1) is 0 Å². The van der Waals surface area contributed by atoms with Gasteiger partial charge in [-0.2, -0.15) is 0 Å². The Morgan fingerprint density at radius 3 is 2.67 bits per heavy atom. The Morgan fingerprint density at radius 1 is 1.38 bits per heavy atom. The number of nitrogens with one attached hydrogen (secondary N) is 2. The highest BCUT2D eigenvalue weighted by Crippen LogP contribution is 2.18. The molecule has 7 nitrogen and oxygen atoms in total. The molecular weight excluding hydrogens is 360 g/mol. The van der Waals surface area contributed by atoms with Crippen molar-refractivity contribution in [1.82, 2.24) is 14.9 Å². The van der Waals surface area contributed by atoms with E-state index >= 15 is 0 Å². The van der Waals surface area contributed by atoms with Crippen LogP contribution in [0.5, 0.6) is 0 Å². The van der Waals surface area contributed by atoms with Crippen molar-refractivity contribution in [3.63, 3.8) is 0 Å². The van der Waals surface area contributed by atoms with E-state index in [2.05, 4.69) is 31.0 Å². The van der Waals surface area contributed by atoms with E-state index in [0.29, 0.717) is 10.3 Å². The van der Waals surface area contributed by atoms with Crippen molar-refractivity contribution in [1.29, 1.82) is 0 Å². The minimum Gasteiger partial charge on any atom is -0.354 e. The molecule has 0 unspecified atom stereocenters. The molecule has 0 aliphatic rings. The van der Waals surface area contributed by atoms with Crippen molar-refractivity contribution in [2.24, 2.45) is 7.05 Å². The number of amides is 1. The Morgan fingerprint density at radius 2 is 2.10 bits per heavy atom. The van der Waals surface area contributed by atoms with Gasteiger partial charge in [0.1, 0.15) is 15.2 Å². The minimum absolute atomic E-state index is 0.00604. The Labute approximate surface area is 130 Å². The van der Waals surface area contributed by atoms with E-state index in [4.69, 9.17) is 0 Å². The first-order valence-corrected chi connectivity index (χ1v) is 8.14. The van der Waals surface area contributed by atoms with Crippen LogP contribution in [0.1, 0.15) is 10.5 Å². The van der Waals surface area contributed by atoms with E-state index in [1.54, 1.807) is 19.2 Å². The van der Waals surface area contributed by atoms with Gasteiger partial charge < -0.3 is 9.88 Å². The van der Waals surface area contributed by atoms with E-state index in [1.807, 2.05) is 0 Å². The van der Waals surface area contributed by atoms with Gasteiger partial charge in [0, 0.05) is 20.3 Å². The van der Waals surface area contributed by atoms with E-state index in [9.17, 15) is 13.2 Å². The number of aryl methyl sites for hydroxylation is 1. The zero-order valence-corrected chi connectivity index (χ0v) is 13.7. The molecule has 2 N–H and O–H groups in total. The van der Waals surface area contributed by atoms with Crippen molar-refractivity contribution in [2.45, 2.75) is 4.90 Å². The van der Waals surface area contributed by atoms with Gasteiger partial charge >= 0.3 is 0 Å². The van der Waals surface area contributed by atoms with Crippen LogP contribution in [0.4, 0.5) is 5.69 Å². The van der Waals surface area contributed by atoms with Crippen molar-refractivity contribution >= 4 is 37.5 Å². The summed E-state index contributed by atoms with van der Waals surface area (Å²) in [5, 5.41) is 2.45. The fraction of sp³-hybridized carbons (Fsp3) is 0.167. The van der Waals surface area contributed by atoms with Gasteiger partial charge in [-0.3, -0.25) is 9.52 Å². The van der Waals surface area contributed by atoms with E-state index < -0.39 is 10.0 Å². The number of aromatic nitrogens is 2. The lowest BCUT2D eigenvalue weighted by atomic mass is 10.4. The zero-order chi connectivity index (χ0) is 15.6. The summed E-state index contributed by atoms with van der Waals surface area (Å²) in [5.74, 6) is -0.357. The topological polar surface area (TPSA) is 93.1 Å². The molecule has 2 heterocycles. The van der Waals surface area contributed by atoms with Gasteiger partial charge in [0.2, 0.25) is 0 Å². The van der Waals surface area contributed by atoms with Crippen LogP contribution < -0.4 is 10.0 Å². The van der Waals surface area contributed by atoms with Crippen LogP contribution in [0.25, 0.3) is 0 Å². The van der Waals surface area contributed by atoms with Crippen molar-refractivity contribution in [3.8, 4) is 0 Å². The molecule has 2 aromatic rings. The number of carbonyl (C=O) groups is 1. The molecule has 2 rings (SSSR count). The number of halogens is 1. The molecule has 0 aliphatic carbocycles. The Bertz CT molecular complexity index is 768. The van der Waals surface area contributed by atoms with Gasteiger partial charge in [0.15, 0.2) is 0 Å². The molecule has 0 atom stereocenters. The molecule has 0 aliphatic heterocycles. The summed E-state index contributed by atoms with van der Waals surface area (Å²) >= 11 is 3.17. The van der Waals surface area contributed by atoms with Crippen molar-refractivity contribution in [3.05, 3.63) is 40.9 Å². The summed E-state index contributed by atoms with van der Waals surface area (Å²) < 4.78 is 29.0. The highest BCUT2D eigenvalue weighted by atomic mass is 79.9. The van der Waals surface area contributed by atoms with Crippen LogP contribution >= 0.6 is 15.9 Å². The monoisotopic (exact) mass is 372 g/mol. The van der Waals surface area contributed by atoms with Crippen LogP contribution in [0.15, 0.2) is 40.1 Å². The maximum Gasteiger partial charge on any atom is 0.267 e. The number of nitrogens with zero attached hydrogens (tertiary/aromatic N) is 2. The highest BCUT2D eigenvalue weighted by molar-refractivity contribution is 9.10. The molecule has 21 heavy (non-hydrogen) atoms. The normalized spacial score (nSPS) is 11.2. The summed E-state index contributed by atoms with van der Waals surface area (Å²) in [6, 6.07) is 4.52. The largest absolute Gasteiger partial charge is 0.354 e. The molecule has 0 bridgehead atoms. The predicted molar refractivity (Wildman–Crippen MR) is 81.5 cm³/mol. The lowest BCUT2D eigenvalue weighted by Gasteiger charge is -2.05. The summed E-state index contributed by atoms with van der Waals surface area (Å²) in [7, 11) is -0.692. The molecule has 0 fully saturated rings. The average Bonchev–Trinajstić information content (AvgIpc) is 2.83. The number of anilines is 1. The molecule has 0 spiro atoms. The third-order valence-corrected chi connectivity index (χ3v) is 4.55. The first kappa shape index (κ1) is 15.5. The zero-order valence-electron chi connectivity index (χ0n) is 11.3. The lowest BCUT2D eigenvalue weighted by molar-refractivity contribution is 0.0955. The smallest absolute Gasteiger partial charge is 0.267 e. The Kier molecular flexibility index (Phi) is 4.33. The van der Waals surface area contributed by atoms with E-state index in [0.717, 1.165) is 0 Å². The number of pyridine rings is 1. The van der Waals surface area contributed by atoms with Crippen LogP contribution in [0.3, 0.4) is 0 Å². The summed E-state index contributed by atoms with van der Waals surface area (Å²) in [4.78, 5) is 15.6. The number of sulfonamides is 1. The Balaban J connectivity index is 2.31. The number of hydrogen-bond donors (Lipinski definition) is 2. The summed E-state index contributed by atoms with van der Waals surface area (Å²) in [6.45, 7) is 0. The molecule has 9 heteroatoms. The number of hydrogen-bond acceptors (Lipinski definition) is 4. The predicted octanol–water partition coefficient (Wildman–Crippen LogP) is 1.34. The second-order valence-electron chi connectivity index (χ2n) is 4.23. The first-order chi connectivity index (χ1) is 9.83. The molecule has 2 aromatic heterocycles. The number of carbonyl (C=O) groups excluding carboxylic acids is 1. The first-order valence-electron chi connectivity index (χ1n) is 5.86. The average molecular weight is 373 g/mol. The SMILES string of the molecule is CNC(=O)c1cc(S(=O)(=O)Nc2ccc(Br)nc2)cn1C. The van der Waals surface area contributed by atoms with Gasteiger partial charge in [0.05, 0.1) is 11.9 Å². The minimum atomic E-state index is -3.78. The van der Waals surface area contributed by atoms with Crippen LogP contribution in [0, 0.1) is 0 Å². The summed E-state index contributed by atoms with van der Waals surface area (Å²) in [6.07, 6.45) is 2.77. The molecule has 0 radical (unpaired) electrons. The summed E-state index contributed by atoms with van der Waals surface area (Å²) in [5.41, 5.74) is 0.593. The molecule has 112 valence electrons. The van der Waals surface area contributed by atoms with Gasteiger partial charge in [-0.25, -0.2) is 13.4 Å². The van der Waals surface area contributed by atoms with E-state index in [1.165, 1.54) is 30.1 Å². The maximum atomic E-state index is 12.3.